The number of hydrogen-bond acceptors (Lipinski definition) is 3. The van der Waals surface area contributed by atoms with Crippen LogP contribution in [-0.4, -0.2) is 36.1 Å². The van der Waals surface area contributed by atoms with Crippen molar-refractivity contribution in [1.82, 2.24) is 4.90 Å². The SMILES string of the molecule is Cc1ccc(O)c(C(=O)N(C)CCN)c1. The molecule has 0 spiro atoms. The average Bonchev–Trinajstić information content (AvgIpc) is 2.21. The summed E-state index contributed by atoms with van der Waals surface area (Å²) in [5.74, 6) is -0.198. The maximum absolute atomic E-state index is 11.8. The van der Waals surface area contributed by atoms with Crippen molar-refractivity contribution in [2.45, 2.75) is 6.92 Å². The number of carbonyl (C=O) groups is 1. The van der Waals surface area contributed by atoms with E-state index in [1.807, 2.05) is 6.92 Å². The highest BCUT2D eigenvalue weighted by Crippen LogP contribution is 2.19. The maximum atomic E-state index is 11.8. The van der Waals surface area contributed by atoms with E-state index < -0.39 is 0 Å². The van der Waals surface area contributed by atoms with Crippen LogP contribution in [0.5, 0.6) is 5.75 Å². The zero-order chi connectivity index (χ0) is 11.4. The molecule has 0 unspecified atom stereocenters. The van der Waals surface area contributed by atoms with Crippen LogP contribution in [0.1, 0.15) is 15.9 Å². The predicted molar refractivity (Wildman–Crippen MR) is 58.9 cm³/mol. The number of nitrogens with two attached hydrogens (primary N) is 1. The number of aromatic hydroxyl groups is 1. The highest BCUT2D eigenvalue weighted by molar-refractivity contribution is 5.96. The van der Waals surface area contributed by atoms with Crippen molar-refractivity contribution in [3.63, 3.8) is 0 Å². The first kappa shape index (κ1) is 11.5. The molecule has 0 fully saturated rings. The van der Waals surface area contributed by atoms with Crippen LogP contribution in [0.15, 0.2) is 18.2 Å². The summed E-state index contributed by atoms with van der Waals surface area (Å²) >= 11 is 0. The van der Waals surface area contributed by atoms with Gasteiger partial charge in [-0.1, -0.05) is 11.6 Å². The van der Waals surface area contributed by atoms with Crippen molar-refractivity contribution in [2.75, 3.05) is 20.1 Å². The lowest BCUT2D eigenvalue weighted by atomic mass is 10.1. The van der Waals surface area contributed by atoms with E-state index in [1.54, 1.807) is 19.2 Å². The lowest BCUT2D eigenvalue weighted by Crippen LogP contribution is -2.31. The van der Waals surface area contributed by atoms with Crippen LogP contribution in [0, 0.1) is 6.92 Å². The maximum Gasteiger partial charge on any atom is 0.257 e. The first-order valence-corrected chi connectivity index (χ1v) is 4.81. The number of aryl methyl sites for hydroxylation is 1. The van der Waals surface area contributed by atoms with E-state index in [4.69, 9.17) is 5.73 Å². The average molecular weight is 208 g/mol. The molecule has 15 heavy (non-hydrogen) atoms. The van der Waals surface area contributed by atoms with E-state index in [9.17, 15) is 9.90 Å². The van der Waals surface area contributed by atoms with Crippen molar-refractivity contribution in [2.24, 2.45) is 5.73 Å². The molecule has 3 N–H and O–H groups in total. The standard InChI is InChI=1S/C11H16N2O2/c1-8-3-4-10(14)9(7-8)11(15)13(2)6-5-12/h3-4,7,14H,5-6,12H2,1-2H3. The van der Waals surface area contributed by atoms with Gasteiger partial charge in [-0.15, -0.1) is 0 Å². The Morgan fingerprint density at radius 1 is 1.53 bits per heavy atom. The van der Waals surface area contributed by atoms with Gasteiger partial charge in [-0.3, -0.25) is 4.79 Å². The van der Waals surface area contributed by atoms with Crippen molar-refractivity contribution >= 4 is 5.91 Å². The second-order valence-electron chi connectivity index (χ2n) is 3.54. The minimum atomic E-state index is -0.207. The van der Waals surface area contributed by atoms with Gasteiger partial charge in [-0.05, 0) is 19.1 Å². The molecule has 0 saturated carbocycles. The molecule has 0 aliphatic heterocycles. The van der Waals surface area contributed by atoms with Gasteiger partial charge in [-0.25, -0.2) is 0 Å². The van der Waals surface area contributed by atoms with Gasteiger partial charge in [0.1, 0.15) is 5.75 Å². The van der Waals surface area contributed by atoms with E-state index >= 15 is 0 Å². The summed E-state index contributed by atoms with van der Waals surface area (Å²) in [6, 6.07) is 4.96. The van der Waals surface area contributed by atoms with Gasteiger partial charge in [0, 0.05) is 20.1 Å². The highest BCUT2D eigenvalue weighted by Gasteiger charge is 2.14. The van der Waals surface area contributed by atoms with Crippen molar-refractivity contribution in [1.29, 1.82) is 0 Å². The lowest BCUT2D eigenvalue weighted by molar-refractivity contribution is 0.0796. The zero-order valence-corrected chi connectivity index (χ0v) is 9.03. The quantitative estimate of drug-likeness (QED) is 0.769. The predicted octanol–water partition coefficient (Wildman–Crippen LogP) is 0.731. The van der Waals surface area contributed by atoms with E-state index in [1.165, 1.54) is 11.0 Å². The van der Waals surface area contributed by atoms with Gasteiger partial charge in [0.2, 0.25) is 0 Å². The Balaban J connectivity index is 2.95. The molecule has 0 aromatic heterocycles. The molecule has 4 nitrogen and oxygen atoms in total. The topological polar surface area (TPSA) is 66.6 Å². The molecule has 82 valence electrons. The van der Waals surface area contributed by atoms with Gasteiger partial charge < -0.3 is 15.7 Å². The molecule has 0 aliphatic carbocycles. The number of likely N-dealkylation sites (N-methyl/N-ethyl adjacent to an activating group) is 1. The first-order valence-electron chi connectivity index (χ1n) is 4.81. The summed E-state index contributed by atoms with van der Waals surface area (Å²) in [6.45, 7) is 2.76. The van der Waals surface area contributed by atoms with Gasteiger partial charge in [0.05, 0.1) is 5.56 Å². The molecule has 0 heterocycles. The van der Waals surface area contributed by atoms with Crippen molar-refractivity contribution in [3.05, 3.63) is 29.3 Å². The fourth-order valence-corrected chi connectivity index (χ4v) is 1.32. The first-order chi connectivity index (χ1) is 7.06. The number of rotatable bonds is 3. The molecule has 0 saturated heterocycles. The van der Waals surface area contributed by atoms with E-state index in [2.05, 4.69) is 0 Å². The Kier molecular flexibility index (Phi) is 3.68. The van der Waals surface area contributed by atoms with E-state index in [-0.39, 0.29) is 11.7 Å². The Hall–Kier alpha value is -1.55. The summed E-state index contributed by atoms with van der Waals surface area (Å²) in [5, 5.41) is 9.54. The monoisotopic (exact) mass is 208 g/mol. The van der Waals surface area contributed by atoms with Crippen LogP contribution >= 0.6 is 0 Å². The highest BCUT2D eigenvalue weighted by atomic mass is 16.3. The number of nitrogens with zero attached hydrogens (tertiary/aromatic N) is 1. The summed E-state index contributed by atoms with van der Waals surface area (Å²) < 4.78 is 0. The Morgan fingerprint density at radius 2 is 2.20 bits per heavy atom. The van der Waals surface area contributed by atoms with E-state index in [0.29, 0.717) is 18.7 Å². The number of phenolic OH excluding ortho intramolecular Hbond substituents is 1. The van der Waals surface area contributed by atoms with Gasteiger partial charge in [-0.2, -0.15) is 0 Å². The molecule has 1 aromatic carbocycles. The molecular weight excluding hydrogens is 192 g/mol. The number of amides is 1. The fourth-order valence-electron chi connectivity index (χ4n) is 1.32. The molecule has 0 aliphatic rings. The van der Waals surface area contributed by atoms with Crippen LogP contribution in [0.3, 0.4) is 0 Å². The Bertz CT molecular complexity index is 364. The number of benzene rings is 1. The molecule has 4 heteroatoms. The Labute approximate surface area is 89.3 Å². The summed E-state index contributed by atoms with van der Waals surface area (Å²) in [5.41, 5.74) is 6.62. The second kappa shape index (κ2) is 4.79. The fraction of sp³-hybridized carbons (Fsp3) is 0.364. The summed E-state index contributed by atoms with van der Waals surface area (Å²) in [4.78, 5) is 13.3. The van der Waals surface area contributed by atoms with Crippen LogP contribution in [0.2, 0.25) is 0 Å². The second-order valence-corrected chi connectivity index (χ2v) is 3.54. The third-order valence-electron chi connectivity index (χ3n) is 2.19. The van der Waals surface area contributed by atoms with Gasteiger partial charge >= 0.3 is 0 Å². The minimum absolute atomic E-state index is 0.00877. The third-order valence-corrected chi connectivity index (χ3v) is 2.19. The van der Waals surface area contributed by atoms with Crippen LogP contribution in [0.4, 0.5) is 0 Å². The number of carbonyl (C=O) groups excluding carboxylic acids is 1. The van der Waals surface area contributed by atoms with Crippen molar-refractivity contribution in [3.8, 4) is 5.75 Å². The van der Waals surface area contributed by atoms with Crippen molar-refractivity contribution < 1.29 is 9.90 Å². The van der Waals surface area contributed by atoms with Gasteiger partial charge in [0.15, 0.2) is 0 Å². The van der Waals surface area contributed by atoms with Crippen LogP contribution < -0.4 is 5.73 Å². The van der Waals surface area contributed by atoms with Crippen LogP contribution in [0.25, 0.3) is 0 Å². The summed E-state index contributed by atoms with van der Waals surface area (Å²) in [6.07, 6.45) is 0. The minimum Gasteiger partial charge on any atom is -0.507 e. The van der Waals surface area contributed by atoms with Gasteiger partial charge in [0.25, 0.3) is 5.91 Å². The Morgan fingerprint density at radius 3 is 2.80 bits per heavy atom. The molecule has 0 radical (unpaired) electrons. The molecular formula is C11H16N2O2. The number of phenols is 1. The molecule has 1 aromatic rings. The largest absolute Gasteiger partial charge is 0.507 e. The van der Waals surface area contributed by atoms with Crippen LogP contribution in [-0.2, 0) is 0 Å². The molecule has 1 amide bonds. The zero-order valence-electron chi connectivity index (χ0n) is 9.03. The smallest absolute Gasteiger partial charge is 0.257 e. The number of hydrogen-bond donors (Lipinski definition) is 2. The third kappa shape index (κ3) is 2.70. The normalized spacial score (nSPS) is 10.1. The van der Waals surface area contributed by atoms with E-state index in [0.717, 1.165) is 5.56 Å². The molecule has 1 rings (SSSR count). The lowest BCUT2D eigenvalue weighted by Gasteiger charge is -2.16. The molecule has 0 atom stereocenters. The summed E-state index contributed by atoms with van der Waals surface area (Å²) in [7, 11) is 1.66. The molecule has 0 bridgehead atoms.